The topological polar surface area (TPSA) is 58.6 Å². The molecule has 2 heterocycles. The van der Waals surface area contributed by atoms with Crippen LogP contribution in [-0.4, -0.2) is 54.6 Å². The first kappa shape index (κ1) is 19.0. The first-order valence-electron chi connectivity index (χ1n) is 9.67. The number of hydrogen-bond acceptors (Lipinski definition) is 5. The third kappa shape index (κ3) is 3.65. The largest absolute Gasteiger partial charge is 0.484 e. The van der Waals surface area contributed by atoms with Crippen molar-refractivity contribution >= 4 is 23.5 Å². The van der Waals surface area contributed by atoms with Crippen LogP contribution in [0, 0.1) is 0 Å². The normalized spacial score (nSPS) is 20.9. The molecule has 6 nitrogen and oxygen atoms in total. The van der Waals surface area contributed by atoms with Gasteiger partial charge in [-0.2, -0.15) is 0 Å². The lowest BCUT2D eigenvalue weighted by atomic mass is 9.77. The van der Waals surface area contributed by atoms with Gasteiger partial charge < -0.3 is 14.5 Å². The van der Waals surface area contributed by atoms with Crippen molar-refractivity contribution in [2.24, 2.45) is 0 Å². The van der Waals surface area contributed by atoms with Gasteiger partial charge >= 0.3 is 0 Å². The van der Waals surface area contributed by atoms with E-state index in [1.807, 2.05) is 42.2 Å². The summed E-state index contributed by atoms with van der Waals surface area (Å²) in [5.41, 5.74) is 2.28. The number of fused-ring (bicyclic) bond motifs is 2. The lowest BCUT2D eigenvalue weighted by Gasteiger charge is -2.40. The lowest BCUT2D eigenvalue weighted by molar-refractivity contribution is -0.135. The van der Waals surface area contributed by atoms with E-state index in [9.17, 15) is 4.79 Å². The van der Waals surface area contributed by atoms with Crippen LogP contribution in [0.25, 0.3) is 0 Å². The van der Waals surface area contributed by atoms with Gasteiger partial charge in [0.05, 0.1) is 5.69 Å². The van der Waals surface area contributed by atoms with Crippen LogP contribution < -0.4 is 9.64 Å². The average Bonchev–Trinajstić information content (AvgIpc) is 3.03. The van der Waals surface area contributed by atoms with E-state index >= 15 is 0 Å². The molecule has 148 valence electrons. The molecule has 0 N–H and O–H groups in total. The summed E-state index contributed by atoms with van der Waals surface area (Å²) >= 11 is 5.98. The Morgan fingerprint density at radius 3 is 3.00 bits per heavy atom. The van der Waals surface area contributed by atoms with Crippen molar-refractivity contribution in [1.29, 1.82) is 0 Å². The summed E-state index contributed by atoms with van der Waals surface area (Å²) in [5, 5.41) is 0.598. The first-order valence-corrected chi connectivity index (χ1v) is 10.0. The summed E-state index contributed by atoms with van der Waals surface area (Å²) < 4.78 is 5.67. The molecule has 1 fully saturated rings. The Bertz CT molecular complexity index is 884. The molecule has 4 rings (SSSR count). The molecule has 1 aromatic heterocycles. The van der Waals surface area contributed by atoms with Crippen LogP contribution in [0.4, 0.5) is 5.95 Å². The van der Waals surface area contributed by atoms with Gasteiger partial charge in [0.25, 0.3) is 5.91 Å². The number of benzene rings is 1. The maximum atomic E-state index is 12.8. The third-order valence-corrected chi connectivity index (χ3v) is 5.95. The van der Waals surface area contributed by atoms with Gasteiger partial charge in [-0.15, -0.1) is 0 Å². The number of carbonyl (C=O) groups excluding carboxylic acids is 1. The van der Waals surface area contributed by atoms with Crippen molar-refractivity contribution in [3.8, 4) is 5.75 Å². The van der Waals surface area contributed by atoms with E-state index < -0.39 is 0 Å². The zero-order valence-electron chi connectivity index (χ0n) is 16.3. The quantitative estimate of drug-likeness (QED) is 0.789. The second-order valence-electron chi connectivity index (χ2n) is 7.88. The Hall–Kier alpha value is -2.34. The molecule has 1 unspecified atom stereocenters. The van der Waals surface area contributed by atoms with E-state index in [1.165, 1.54) is 5.56 Å². The number of likely N-dealkylation sites (tertiary alicyclic amines) is 1. The summed E-state index contributed by atoms with van der Waals surface area (Å²) in [4.78, 5) is 26.0. The Labute approximate surface area is 170 Å². The molecule has 2 aliphatic rings. The summed E-state index contributed by atoms with van der Waals surface area (Å²) in [7, 11) is 3.90. The van der Waals surface area contributed by atoms with Gasteiger partial charge in [0.15, 0.2) is 6.61 Å². The van der Waals surface area contributed by atoms with Gasteiger partial charge in [-0.1, -0.05) is 17.7 Å². The number of piperidine rings is 1. The van der Waals surface area contributed by atoms with Gasteiger partial charge in [-0.3, -0.25) is 4.79 Å². The zero-order valence-corrected chi connectivity index (χ0v) is 17.1. The Morgan fingerprint density at radius 1 is 1.36 bits per heavy atom. The second-order valence-corrected chi connectivity index (χ2v) is 8.32. The predicted octanol–water partition coefficient (Wildman–Crippen LogP) is 3.08. The van der Waals surface area contributed by atoms with Gasteiger partial charge in [0.1, 0.15) is 5.75 Å². The summed E-state index contributed by atoms with van der Waals surface area (Å²) in [6.07, 6.45) is 5.98. The minimum absolute atomic E-state index is 0.00869. The number of aryl methyl sites for hydroxylation is 1. The van der Waals surface area contributed by atoms with Gasteiger partial charge in [0, 0.05) is 43.8 Å². The first-order chi connectivity index (χ1) is 13.5. The molecule has 1 aliphatic heterocycles. The molecule has 0 saturated carbocycles. The molecule has 1 aromatic carbocycles. The third-order valence-electron chi connectivity index (χ3n) is 5.72. The van der Waals surface area contributed by atoms with Gasteiger partial charge in [-0.05, 0) is 49.4 Å². The molecule has 1 spiro atoms. The minimum atomic E-state index is -0.0625. The molecule has 28 heavy (non-hydrogen) atoms. The maximum absolute atomic E-state index is 12.8. The standard InChI is InChI=1S/C21H25ClN4O2/c1-25(2)20-23-12-15-7-9-21(19(15)24-20)8-4-10-26(14-21)18(27)13-28-17-6-3-5-16(22)11-17/h3,5-6,11-12H,4,7-10,13-14H2,1-2H3. The zero-order chi connectivity index (χ0) is 19.7. The molecule has 1 amide bonds. The van der Waals surface area contributed by atoms with Crippen molar-refractivity contribution in [3.63, 3.8) is 0 Å². The number of amides is 1. The number of anilines is 1. The number of carbonyl (C=O) groups is 1. The molecular weight excluding hydrogens is 376 g/mol. The molecule has 1 aliphatic carbocycles. The van der Waals surface area contributed by atoms with Gasteiger partial charge in [0.2, 0.25) is 5.95 Å². The Morgan fingerprint density at radius 2 is 2.21 bits per heavy atom. The van der Waals surface area contributed by atoms with E-state index in [-0.39, 0.29) is 17.9 Å². The fourth-order valence-electron chi connectivity index (χ4n) is 4.28. The highest BCUT2D eigenvalue weighted by Crippen LogP contribution is 2.44. The van der Waals surface area contributed by atoms with Crippen molar-refractivity contribution in [3.05, 3.63) is 46.7 Å². The van der Waals surface area contributed by atoms with Crippen LogP contribution in [0.1, 0.15) is 30.5 Å². The van der Waals surface area contributed by atoms with Crippen molar-refractivity contribution < 1.29 is 9.53 Å². The summed E-state index contributed by atoms with van der Waals surface area (Å²) in [6, 6.07) is 7.13. The molecular formula is C21H25ClN4O2. The lowest BCUT2D eigenvalue weighted by Crippen LogP contribution is -2.49. The van der Waals surface area contributed by atoms with Crippen LogP contribution in [0.15, 0.2) is 30.5 Å². The van der Waals surface area contributed by atoms with E-state index in [0.29, 0.717) is 17.3 Å². The summed E-state index contributed by atoms with van der Waals surface area (Å²) in [5.74, 6) is 1.35. The van der Waals surface area contributed by atoms with E-state index in [0.717, 1.165) is 43.9 Å². The number of nitrogens with zero attached hydrogens (tertiary/aromatic N) is 4. The van der Waals surface area contributed by atoms with E-state index in [2.05, 4.69) is 4.98 Å². The van der Waals surface area contributed by atoms with Crippen LogP contribution in [-0.2, 0) is 16.6 Å². The van der Waals surface area contributed by atoms with Crippen molar-refractivity contribution in [2.75, 3.05) is 38.7 Å². The SMILES string of the molecule is CN(C)c1ncc2c(n1)C1(CCCN(C(=O)COc3cccc(Cl)c3)C1)CC2. The monoisotopic (exact) mass is 400 g/mol. The van der Waals surface area contributed by atoms with E-state index in [4.69, 9.17) is 21.3 Å². The fourth-order valence-corrected chi connectivity index (χ4v) is 4.46. The van der Waals surface area contributed by atoms with Crippen molar-refractivity contribution in [1.82, 2.24) is 14.9 Å². The smallest absolute Gasteiger partial charge is 0.260 e. The Balaban J connectivity index is 1.48. The van der Waals surface area contributed by atoms with Crippen LogP contribution in [0.2, 0.25) is 5.02 Å². The second kappa shape index (κ2) is 7.59. The highest BCUT2D eigenvalue weighted by atomic mass is 35.5. The summed E-state index contributed by atoms with van der Waals surface area (Å²) in [6.45, 7) is 1.48. The number of ether oxygens (including phenoxy) is 1. The predicted molar refractivity (Wildman–Crippen MR) is 109 cm³/mol. The molecule has 7 heteroatoms. The van der Waals surface area contributed by atoms with Gasteiger partial charge in [-0.25, -0.2) is 9.97 Å². The maximum Gasteiger partial charge on any atom is 0.260 e. The van der Waals surface area contributed by atoms with Crippen LogP contribution in [0.3, 0.4) is 0 Å². The number of halogens is 1. The number of rotatable bonds is 4. The van der Waals surface area contributed by atoms with Crippen molar-refractivity contribution in [2.45, 2.75) is 31.1 Å². The van der Waals surface area contributed by atoms with Crippen LogP contribution in [0.5, 0.6) is 5.75 Å². The van der Waals surface area contributed by atoms with E-state index in [1.54, 1.807) is 12.1 Å². The fraction of sp³-hybridized carbons (Fsp3) is 0.476. The number of aromatic nitrogens is 2. The Kier molecular flexibility index (Phi) is 5.15. The highest BCUT2D eigenvalue weighted by Gasteiger charge is 2.44. The van der Waals surface area contributed by atoms with Crippen LogP contribution >= 0.6 is 11.6 Å². The molecule has 2 aromatic rings. The molecule has 0 radical (unpaired) electrons. The highest BCUT2D eigenvalue weighted by molar-refractivity contribution is 6.30. The number of hydrogen-bond donors (Lipinski definition) is 0. The molecule has 0 bridgehead atoms. The average molecular weight is 401 g/mol. The molecule has 1 saturated heterocycles. The minimum Gasteiger partial charge on any atom is -0.484 e. The molecule has 1 atom stereocenters.